The van der Waals surface area contributed by atoms with Gasteiger partial charge in [0.2, 0.25) is 5.91 Å². The minimum absolute atomic E-state index is 0.0428. The van der Waals surface area contributed by atoms with Crippen LogP contribution in [0.1, 0.15) is 20.8 Å². The van der Waals surface area contributed by atoms with Crippen molar-refractivity contribution in [2.75, 3.05) is 5.75 Å². The Bertz CT molecular complexity index is 1120. The zero-order chi connectivity index (χ0) is 20.4. The van der Waals surface area contributed by atoms with Crippen molar-refractivity contribution >= 4 is 45.1 Å². The summed E-state index contributed by atoms with van der Waals surface area (Å²) < 4.78 is 14.3. The molecule has 1 aromatic carbocycles. The Labute approximate surface area is 167 Å². The number of halogens is 1. The van der Waals surface area contributed by atoms with Crippen LogP contribution in [0.5, 0.6) is 0 Å². The smallest absolute Gasteiger partial charge is 0.269 e. The molecule has 2 amide bonds. The first-order chi connectivity index (χ1) is 13.3. The Morgan fingerprint density at radius 3 is 2.57 bits per heavy atom. The lowest BCUT2D eigenvalue weighted by Crippen LogP contribution is -2.42. The number of nitrogens with one attached hydrogen (secondary N) is 2. The molecule has 0 saturated heterocycles. The number of thiophene rings is 1. The van der Waals surface area contributed by atoms with E-state index in [2.05, 4.69) is 15.8 Å². The molecule has 2 N–H and O–H groups in total. The van der Waals surface area contributed by atoms with Gasteiger partial charge in [-0.1, -0.05) is 11.8 Å². The molecule has 0 aliphatic carbocycles. The molecule has 0 atom stereocenters. The number of amides is 2. The second-order valence-corrected chi connectivity index (χ2v) is 8.17. The van der Waals surface area contributed by atoms with Gasteiger partial charge in [0, 0.05) is 17.5 Å². The summed E-state index contributed by atoms with van der Waals surface area (Å²) in [5.41, 5.74) is 5.53. The lowest BCUT2D eigenvalue weighted by molar-refractivity contribution is -0.119. The minimum atomic E-state index is -0.560. The van der Waals surface area contributed by atoms with Gasteiger partial charge in [0.25, 0.3) is 11.5 Å². The zero-order valence-corrected chi connectivity index (χ0v) is 17.0. The van der Waals surface area contributed by atoms with E-state index in [0.29, 0.717) is 15.4 Å². The molecule has 146 valence electrons. The van der Waals surface area contributed by atoms with Crippen LogP contribution in [0.3, 0.4) is 0 Å². The molecule has 0 aliphatic rings. The standard InChI is InChI=1S/C18H17FN4O3S2/c1-9-10(2)28-16-14(9)17(26)23(3)18(20-16)27-8-13(24)21-22-15(25)11-4-6-12(19)7-5-11/h4-7H,8H2,1-3H3,(H,21,24)(H,22,25). The van der Waals surface area contributed by atoms with Gasteiger partial charge in [-0.3, -0.25) is 29.8 Å². The highest BCUT2D eigenvalue weighted by Crippen LogP contribution is 2.27. The maximum Gasteiger partial charge on any atom is 0.269 e. The van der Waals surface area contributed by atoms with Gasteiger partial charge in [-0.15, -0.1) is 11.3 Å². The largest absolute Gasteiger partial charge is 0.290 e. The highest BCUT2D eigenvalue weighted by molar-refractivity contribution is 7.99. The van der Waals surface area contributed by atoms with Crippen LogP contribution in [0.15, 0.2) is 34.2 Å². The molecule has 7 nitrogen and oxygen atoms in total. The Hall–Kier alpha value is -2.72. The number of aromatic nitrogens is 2. The van der Waals surface area contributed by atoms with Crippen LogP contribution in [-0.2, 0) is 11.8 Å². The normalized spacial score (nSPS) is 10.9. The molecule has 3 aromatic rings. The van der Waals surface area contributed by atoms with E-state index in [1.54, 1.807) is 7.05 Å². The van der Waals surface area contributed by atoms with E-state index in [1.165, 1.54) is 28.0 Å². The summed E-state index contributed by atoms with van der Waals surface area (Å²) in [6, 6.07) is 4.93. The predicted octanol–water partition coefficient (Wildman–Crippen LogP) is 2.30. The van der Waals surface area contributed by atoms with Crippen LogP contribution < -0.4 is 16.4 Å². The number of carbonyl (C=O) groups excluding carboxylic acids is 2. The molecular formula is C18H17FN4O3S2. The lowest BCUT2D eigenvalue weighted by atomic mass is 10.2. The number of benzene rings is 1. The van der Waals surface area contributed by atoms with Crippen molar-refractivity contribution in [1.82, 2.24) is 20.4 Å². The molecule has 0 unspecified atom stereocenters. The van der Waals surface area contributed by atoms with Gasteiger partial charge in [0.05, 0.1) is 11.1 Å². The van der Waals surface area contributed by atoms with Crippen LogP contribution in [0, 0.1) is 19.7 Å². The van der Waals surface area contributed by atoms with Crippen molar-refractivity contribution in [3.63, 3.8) is 0 Å². The topological polar surface area (TPSA) is 93.1 Å². The van der Waals surface area contributed by atoms with Gasteiger partial charge in [0.15, 0.2) is 5.16 Å². The molecule has 2 heterocycles. The third-order valence-corrected chi connectivity index (χ3v) is 6.25. The first kappa shape index (κ1) is 20.0. The molecular weight excluding hydrogens is 403 g/mol. The summed E-state index contributed by atoms with van der Waals surface area (Å²) in [5.74, 6) is -1.52. The summed E-state index contributed by atoms with van der Waals surface area (Å²) in [6.45, 7) is 3.83. The number of fused-ring (bicyclic) bond motifs is 1. The third kappa shape index (κ3) is 4.07. The van der Waals surface area contributed by atoms with Crippen LogP contribution in [0.25, 0.3) is 10.2 Å². The Balaban J connectivity index is 1.63. The van der Waals surface area contributed by atoms with E-state index in [1.807, 2.05) is 13.8 Å². The number of rotatable bonds is 4. The average molecular weight is 420 g/mol. The average Bonchev–Trinajstić information content (AvgIpc) is 2.96. The molecule has 0 spiro atoms. The van der Waals surface area contributed by atoms with Gasteiger partial charge < -0.3 is 0 Å². The third-order valence-electron chi connectivity index (χ3n) is 4.12. The van der Waals surface area contributed by atoms with Gasteiger partial charge in [0.1, 0.15) is 10.6 Å². The van der Waals surface area contributed by atoms with E-state index < -0.39 is 17.6 Å². The lowest BCUT2D eigenvalue weighted by Gasteiger charge is -2.09. The van der Waals surface area contributed by atoms with E-state index in [0.717, 1.165) is 34.3 Å². The second-order valence-electron chi connectivity index (χ2n) is 6.02. The fraction of sp³-hybridized carbons (Fsp3) is 0.222. The second kappa shape index (κ2) is 8.11. The maximum absolute atomic E-state index is 12.9. The number of carbonyl (C=O) groups is 2. The van der Waals surface area contributed by atoms with Crippen molar-refractivity contribution in [2.45, 2.75) is 19.0 Å². The molecule has 0 saturated carbocycles. The number of hydrogen-bond donors (Lipinski definition) is 2. The van der Waals surface area contributed by atoms with E-state index in [4.69, 9.17) is 0 Å². The maximum atomic E-state index is 12.9. The molecule has 2 aromatic heterocycles. The molecule has 0 aliphatic heterocycles. The quantitative estimate of drug-likeness (QED) is 0.384. The van der Waals surface area contributed by atoms with E-state index in [-0.39, 0.29) is 16.9 Å². The first-order valence-corrected chi connectivity index (χ1v) is 10.0. The minimum Gasteiger partial charge on any atom is -0.290 e. The highest BCUT2D eigenvalue weighted by Gasteiger charge is 2.16. The summed E-state index contributed by atoms with van der Waals surface area (Å²) in [7, 11) is 1.61. The number of thioether (sulfide) groups is 1. The molecule has 28 heavy (non-hydrogen) atoms. The number of hydrazine groups is 1. The number of hydrogen-bond acceptors (Lipinski definition) is 6. The monoisotopic (exact) mass is 420 g/mol. The molecule has 0 fully saturated rings. The van der Waals surface area contributed by atoms with Crippen molar-refractivity contribution in [3.05, 3.63) is 56.4 Å². The van der Waals surface area contributed by atoms with Crippen molar-refractivity contribution in [3.8, 4) is 0 Å². The SMILES string of the molecule is Cc1sc2nc(SCC(=O)NNC(=O)c3ccc(F)cc3)n(C)c(=O)c2c1C. The molecule has 10 heteroatoms. The molecule has 0 radical (unpaired) electrons. The molecule has 0 bridgehead atoms. The van der Waals surface area contributed by atoms with Crippen LogP contribution in [0.4, 0.5) is 4.39 Å². The Morgan fingerprint density at radius 2 is 1.89 bits per heavy atom. The zero-order valence-electron chi connectivity index (χ0n) is 15.3. The van der Waals surface area contributed by atoms with Gasteiger partial charge in [-0.2, -0.15) is 0 Å². The van der Waals surface area contributed by atoms with Crippen molar-refractivity contribution in [2.24, 2.45) is 7.05 Å². The van der Waals surface area contributed by atoms with Crippen LogP contribution in [-0.4, -0.2) is 27.1 Å². The summed E-state index contributed by atoms with van der Waals surface area (Å²) >= 11 is 2.54. The van der Waals surface area contributed by atoms with E-state index in [9.17, 15) is 18.8 Å². The number of aryl methyl sites for hydroxylation is 2. The summed E-state index contributed by atoms with van der Waals surface area (Å²) in [5, 5.41) is 1.02. The highest BCUT2D eigenvalue weighted by atomic mass is 32.2. The summed E-state index contributed by atoms with van der Waals surface area (Å²) in [4.78, 5) is 42.6. The Morgan fingerprint density at radius 1 is 1.21 bits per heavy atom. The first-order valence-electron chi connectivity index (χ1n) is 8.22. The fourth-order valence-corrected chi connectivity index (χ4v) is 4.29. The van der Waals surface area contributed by atoms with Gasteiger partial charge in [-0.05, 0) is 43.7 Å². The number of nitrogens with zero attached hydrogens (tertiary/aromatic N) is 2. The van der Waals surface area contributed by atoms with Gasteiger partial charge in [-0.25, -0.2) is 9.37 Å². The van der Waals surface area contributed by atoms with E-state index >= 15 is 0 Å². The fourth-order valence-electron chi connectivity index (χ4n) is 2.45. The predicted molar refractivity (Wildman–Crippen MR) is 107 cm³/mol. The molecule has 3 rings (SSSR count). The van der Waals surface area contributed by atoms with Crippen molar-refractivity contribution in [1.29, 1.82) is 0 Å². The van der Waals surface area contributed by atoms with Crippen LogP contribution in [0.2, 0.25) is 0 Å². The summed E-state index contributed by atoms with van der Waals surface area (Å²) in [6.07, 6.45) is 0. The van der Waals surface area contributed by atoms with Crippen molar-refractivity contribution < 1.29 is 14.0 Å². The Kier molecular flexibility index (Phi) is 5.80. The van der Waals surface area contributed by atoms with Crippen LogP contribution >= 0.6 is 23.1 Å². The van der Waals surface area contributed by atoms with Gasteiger partial charge >= 0.3 is 0 Å².